The molecule has 0 spiro atoms. The first-order valence-electron chi connectivity index (χ1n) is 13.3. The van der Waals surface area contributed by atoms with Gasteiger partial charge in [0.1, 0.15) is 27.4 Å². The lowest BCUT2D eigenvalue weighted by Crippen LogP contribution is -2.41. The highest BCUT2D eigenvalue weighted by Crippen LogP contribution is 2.42. The van der Waals surface area contributed by atoms with Gasteiger partial charge in [0.25, 0.3) is 0 Å². The molecule has 9 heteroatoms. The predicted molar refractivity (Wildman–Crippen MR) is 151 cm³/mol. The van der Waals surface area contributed by atoms with Gasteiger partial charge in [-0.05, 0) is 89.8 Å². The summed E-state index contributed by atoms with van der Waals surface area (Å²) in [6, 6.07) is 14.5. The molecule has 39 heavy (non-hydrogen) atoms. The zero-order chi connectivity index (χ0) is 29.1. The molecule has 8 nitrogen and oxygen atoms in total. The molecule has 1 saturated heterocycles. The van der Waals surface area contributed by atoms with E-state index < -0.39 is 37.8 Å². The average Bonchev–Trinajstić information content (AvgIpc) is 2.94. The molecule has 1 atom stereocenters. The Labute approximate surface area is 232 Å². The van der Waals surface area contributed by atoms with Crippen LogP contribution in [0.15, 0.2) is 48.5 Å². The number of hydrogen-bond acceptors (Lipinski definition) is 7. The van der Waals surface area contributed by atoms with E-state index >= 15 is 0 Å². The van der Waals surface area contributed by atoms with Crippen LogP contribution in [0.2, 0.25) is 0 Å². The highest BCUT2D eigenvalue weighted by atomic mass is 32.2. The van der Waals surface area contributed by atoms with E-state index in [1.165, 1.54) is 10.5 Å². The molecule has 0 aromatic heterocycles. The molecule has 1 heterocycles. The van der Waals surface area contributed by atoms with Crippen molar-refractivity contribution in [1.82, 2.24) is 4.90 Å². The minimum atomic E-state index is -3.91. The maximum absolute atomic E-state index is 13.9. The van der Waals surface area contributed by atoms with Crippen molar-refractivity contribution in [3.8, 4) is 11.5 Å². The SMILES string of the molecule is CCc1ccc(Oc2ccc(C3(CC(=O)OC(C)(C)C)CCN(C(=O)OC(C)(C)C)CCS3(=O)=O)cc2)cc1. The Morgan fingerprint density at radius 3 is 1.90 bits per heavy atom. The van der Waals surface area contributed by atoms with E-state index in [1.807, 2.05) is 24.3 Å². The van der Waals surface area contributed by atoms with Gasteiger partial charge >= 0.3 is 12.1 Å². The number of aryl methyl sites for hydroxylation is 1. The Morgan fingerprint density at radius 2 is 1.38 bits per heavy atom. The van der Waals surface area contributed by atoms with E-state index in [4.69, 9.17) is 14.2 Å². The second-order valence-electron chi connectivity index (χ2n) is 11.9. The van der Waals surface area contributed by atoms with E-state index in [0.29, 0.717) is 17.1 Å². The van der Waals surface area contributed by atoms with E-state index in [9.17, 15) is 18.0 Å². The number of rotatable bonds is 6. The van der Waals surface area contributed by atoms with Crippen molar-refractivity contribution < 1.29 is 32.2 Å². The average molecular weight is 560 g/mol. The van der Waals surface area contributed by atoms with Gasteiger partial charge in [0.2, 0.25) is 0 Å². The molecule has 0 N–H and O–H groups in total. The molecule has 3 rings (SSSR count). The first kappa shape index (κ1) is 30.5. The first-order valence-corrected chi connectivity index (χ1v) is 15.0. The van der Waals surface area contributed by atoms with E-state index in [1.54, 1.807) is 65.8 Å². The van der Waals surface area contributed by atoms with Crippen LogP contribution >= 0.6 is 0 Å². The van der Waals surface area contributed by atoms with Crippen molar-refractivity contribution in [2.75, 3.05) is 18.8 Å². The molecule has 1 aliphatic rings. The lowest BCUT2D eigenvalue weighted by atomic mass is 9.90. The van der Waals surface area contributed by atoms with Gasteiger partial charge in [0.15, 0.2) is 9.84 Å². The topological polar surface area (TPSA) is 99.2 Å². The van der Waals surface area contributed by atoms with Crippen molar-refractivity contribution in [3.63, 3.8) is 0 Å². The number of ether oxygens (including phenoxy) is 3. The first-order chi connectivity index (χ1) is 18.0. The van der Waals surface area contributed by atoms with Crippen LogP contribution in [0.5, 0.6) is 11.5 Å². The summed E-state index contributed by atoms with van der Waals surface area (Å²) in [5.74, 6) is 0.278. The van der Waals surface area contributed by atoms with Gasteiger partial charge in [-0.25, -0.2) is 13.2 Å². The fourth-order valence-corrected chi connectivity index (χ4v) is 6.60. The summed E-state index contributed by atoms with van der Waals surface area (Å²) < 4.78 is 43.2. The summed E-state index contributed by atoms with van der Waals surface area (Å²) in [5.41, 5.74) is 0.150. The van der Waals surface area contributed by atoms with Gasteiger partial charge in [-0.3, -0.25) is 4.79 Å². The van der Waals surface area contributed by atoms with Crippen LogP contribution in [0.3, 0.4) is 0 Å². The normalized spacial score (nSPS) is 19.6. The highest BCUT2D eigenvalue weighted by Gasteiger charge is 2.50. The van der Waals surface area contributed by atoms with Crippen LogP contribution in [0.4, 0.5) is 4.79 Å². The minimum absolute atomic E-state index is 0.0203. The van der Waals surface area contributed by atoms with E-state index in [0.717, 1.165) is 6.42 Å². The standard InChI is InChI=1S/C30H41NO7S/c1-8-22-9-13-24(14-10-22)36-25-15-11-23(12-16-25)30(21-26(32)37-28(2,3)4)17-18-31(19-20-39(30,34)35)27(33)38-29(5,6)7/h9-16H,8,17-21H2,1-7H3. The van der Waals surface area contributed by atoms with E-state index in [2.05, 4.69) is 6.92 Å². The number of esters is 1. The number of benzene rings is 2. The summed E-state index contributed by atoms with van der Waals surface area (Å²) in [6.07, 6.45) is -0.00213. The molecule has 0 aliphatic carbocycles. The fraction of sp³-hybridized carbons (Fsp3) is 0.533. The molecule has 1 aliphatic heterocycles. The van der Waals surface area contributed by atoms with Crippen LogP contribution in [-0.4, -0.2) is 55.4 Å². The highest BCUT2D eigenvalue weighted by molar-refractivity contribution is 7.92. The summed E-state index contributed by atoms with van der Waals surface area (Å²) in [4.78, 5) is 27.2. The van der Waals surface area contributed by atoms with Crippen molar-refractivity contribution in [2.45, 2.75) is 83.7 Å². The number of nitrogens with zero attached hydrogens (tertiary/aromatic N) is 1. The largest absolute Gasteiger partial charge is 0.460 e. The number of carbonyl (C=O) groups is 2. The van der Waals surface area contributed by atoms with Crippen LogP contribution in [0.25, 0.3) is 0 Å². The Hall–Kier alpha value is -3.07. The van der Waals surface area contributed by atoms with Crippen LogP contribution in [0.1, 0.15) is 72.4 Å². The van der Waals surface area contributed by atoms with Crippen LogP contribution < -0.4 is 4.74 Å². The molecule has 1 amide bonds. The molecule has 214 valence electrons. The summed E-state index contributed by atoms with van der Waals surface area (Å²) in [6.45, 7) is 12.7. The van der Waals surface area contributed by atoms with Gasteiger partial charge in [0, 0.05) is 13.1 Å². The summed E-state index contributed by atoms with van der Waals surface area (Å²) in [7, 11) is -3.91. The van der Waals surface area contributed by atoms with Crippen molar-refractivity contribution >= 4 is 21.9 Å². The molecule has 2 aromatic carbocycles. The van der Waals surface area contributed by atoms with Crippen LogP contribution in [0, 0.1) is 0 Å². The third kappa shape index (κ3) is 7.97. The minimum Gasteiger partial charge on any atom is -0.460 e. The van der Waals surface area contributed by atoms with Crippen molar-refractivity contribution in [3.05, 3.63) is 59.7 Å². The van der Waals surface area contributed by atoms with Crippen molar-refractivity contribution in [1.29, 1.82) is 0 Å². The van der Waals surface area contributed by atoms with Gasteiger partial charge < -0.3 is 19.1 Å². The monoisotopic (exact) mass is 559 g/mol. The third-order valence-electron chi connectivity index (χ3n) is 6.46. The molecule has 2 aromatic rings. The molecule has 1 fully saturated rings. The summed E-state index contributed by atoms with van der Waals surface area (Å²) >= 11 is 0. The fourth-order valence-electron chi connectivity index (χ4n) is 4.51. The number of sulfone groups is 1. The van der Waals surface area contributed by atoms with Gasteiger partial charge in [-0.15, -0.1) is 0 Å². The van der Waals surface area contributed by atoms with Gasteiger partial charge in [-0.1, -0.05) is 31.2 Å². The molecular formula is C30H41NO7S. The Bertz CT molecular complexity index is 1260. The third-order valence-corrected chi connectivity index (χ3v) is 8.96. The Kier molecular flexibility index (Phi) is 9.05. The molecule has 0 radical (unpaired) electrons. The van der Waals surface area contributed by atoms with Gasteiger partial charge in [0.05, 0.1) is 12.2 Å². The Morgan fingerprint density at radius 1 is 0.846 bits per heavy atom. The molecule has 1 unspecified atom stereocenters. The van der Waals surface area contributed by atoms with Crippen LogP contribution in [-0.2, 0) is 35.3 Å². The molecular weight excluding hydrogens is 518 g/mol. The quantitative estimate of drug-likeness (QED) is 0.399. The number of amides is 1. The Balaban J connectivity index is 1.95. The van der Waals surface area contributed by atoms with E-state index in [-0.39, 0.29) is 31.7 Å². The second kappa shape index (κ2) is 11.6. The smallest absolute Gasteiger partial charge is 0.410 e. The van der Waals surface area contributed by atoms with Gasteiger partial charge in [-0.2, -0.15) is 0 Å². The second-order valence-corrected chi connectivity index (χ2v) is 14.3. The predicted octanol–water partition coefficient (Wildman–Crippen LogP) is 6.02. The lowest BCUT2D eigenvalue weighted by Gasteiger charge is -2.33. The summed E-state index contributed by atoms with van der Waals surface area (Å²) in [5, 5.41) is 0. The number of hydrogen-bond donors (Lipinski definition) is 0. The maximum Gasteiger partial charge on any atom is 0.410 e. The maximum atomic E-state index is 13.9. The molecule has 0 saturated carbocycles. The molecule has 0 bridgehead atoms. The number of carbonyl (C=O) groups excluding carboxylic acids is 2. The van der Waals surface area contributed by atoms with Crippen molar-refractivity contribution in [2.24, 2.45) is 0 Å². The zero-order valence-electron chi connectivity index (χ0n) is 24.1. The lowest BCUT2D eigenvalue weighted by molar-refractivity contribution is -0.155. The zero-order valence-corrected chi connectivity index (χ0v) is 24.9.